The fraction of sp³-hybridized carbons (Fsp3) is 0.609. The number of rotatable bonds is 3. The van der Waals surface area contributed by atoms with E-state index in [1.165, 1.54) is 6.07 Å². The summed E-state index contributed by atoms with van der Waals surface area (Å²) >= 11 is 0. The predicted molar refractivity (Wildman–Crippen MR) is 108 cm³/mol. The van der Waals surface area contributed by atoms with Crippen LogP contribution in [0.5, 0.6) is 11.5 Å². The highest BCUT2D eigenvalue weighted by Crippen LogP contribution is 2.69. The van der Waals surface area contributed by atoms with Gasteiger partial charge in [0.1, 0.15) is 28.8 Å². The van der Waals surface area contributed by atoms with Gasteiger partial charge >= 0.3 is 5.97 Å². The third kappa shape index (κ3) is 2.65. The maximum Gasteiger partial charge on any atom is 0.342 e. The van der Waals surface area contributed by atoms with Gasteiger partial charge in [0.05, 0.1) is 12.2 Å². The van der Waals surface area contributed by atoms with Gasteiger partial charge in [-0.25, -0.2) is 4.79 Å². The molecule has 0 aliphatic heterocycles. The van der Waals surface area contributed by atoms with Gasteiger partial charge in [0, 0.05) is 17.4 Å². The van der Waals surface area contributed by atoms with Crippen LogP contribution in [0.4, 0.5) is 0 Å². The number of fused-ring (bicyclic) bond motifs is 3. The molecule has 2 fully saturated rings. The first kappa shape index (κ1) is 21.2. The van der Waals surface area contributed by atoms with Crippen molar-refractivity contribution in [2.24, 2.45) is 16.7 Å². The number of carbonyl (C=O) groups excluding carboxylic acids is 1. The Morgan fingerprint density at radius 1 is 1.17 bits per heavy atom. The van der Waals surface area contributed by atoms with Gasteiger partial charge < -0.3 is 30.3 Å². The molecule has 4 rings (SSSR count). The molecule has 0 spiro atoms. The summed E-state index contributed by atoms with van der Waals surface area (Å²) < 4.78 is 5.61. The van der Waals surface area contributed by atoms with Crippen LogP contribution in [0.1, 0.15) is 56.0 Å². The minimum absolute atomic E-state index is 0.0751. The molecule has 0 saturated heterocycles. The number of benzene rings is 1. The van der Waals surface area contributed by atoms with E-state index in [0.717, 1.165) is 6.07 Å². The van der Waals surface area contributed by atoms with E-state index in [1.807, 2.05) is 6.92 Å². The lowest BCUT2D eigenvalue weighted by Crippen LogP contribution is -2.75. The number of ether oxygens (including phenoxy) is 1. The summed E-state index contributed by atoms with van der Waals surface area (Å²) in [6, 6.07) is 2.40. The first-order chi connectivity index (χ1) is 13.8. The van der Waals surface area contributed by atoms with Gasteiger partial charge in [0.2, 0.25) is 0 Å². The summed E-state index contributed by atoms with van der Waals surface area (Å²) in [5.74, 6) is -1.62. The van der Waals surface area contributed by atoms with Gasteiger partial charge in [-0.1, -0.05) is 20.8 Å². The van der Waals surface area contributed by atoms with Gasteiger partial charge in [0.15, 0.2) is 0 Å². The highest BCUT2D eigenvalue weighted by molar-refractivity contribution is 5.94. The van der Waals surface area contributed by atoms with Crippen LogP contribution in [0.3, 0.4) is 0 Å². The maximum absolute atomic E-state index is 12.8. The Bertz CT molecular complexity index is 928. The van der Waals surface area contributed by atoms with E-state index in [2.05, 4.69) is 13.8 Å². The van der Waals surface area contributed by atoms with Gasteiger partial charge in [0.25, 0.3) is 0 Å². The van der Waals surface area contributed by atoms with Crippen molar-refractivity contribution in [1.29, 1.82) is 0 Å². The Morgan fingerprint density at radius 3 is 2.43 bits per heavy atom. The number of aliphatic hydroxyl groups is 3. The van der Waals surface area contributed by atoms with Crippen LogP contribution in [0.25, 0.3) is 0 Å². The zero-order valence-corrected chi connectivity index (χ0v) is 17.8. The Morgan fingerprint density at radius 2 is 1.83 bits per heavy atom. The third-order valence-corrected chi connectivity index (χ3v) is 7.67. The van der Waals surface area contributed by atoms with Crippen LogP contribution in [0.2, 0.25) is 0 Å². The number of esters is 1. The fourth-order valence-electron chi connectivity index (χ4n) is 6.43. The molecule has 0 amide bonds. The van der Waals surface area contributed by atoms with Crippen molar-refractivity contribution in [1.82, 2.24) is 0 Å². The van der Waals surface area contributed by atoms with Crippen molar-refractivity contribution in [3.63, 3.8) is 0 Å². The highest BCUT2D eigenvalue weighted by Gasteiger charge is 2.75. The largest absolute Gasteiger partial charge is 0.508 e. The number of phenolic OH excluding ortho intramolecular Hbond substituents is 2. The molecule has 0 unspecified atom stereocenters. The van der Waals surface area contributed by atoms with Crippen LogP contribution in [0.15, 0.2) is 23.8 Å². The SMILES string of the molecule is Cc1cc(O)cc(O)c1C(=O)O[C@@H]1C[C@]2(C)[C@H]3CC(C)(C)C[C@@]3(O)C=C(CO)[C@]12O. The number of phenols is 2. The molecule has 0 aromatic heterocycles. The predicted octanol–water partition coefficient (Wildman–Crippen LogP) is 2.17. The summed E-state index contributed by atoms with van der Waals surface area (Å²) in [5, 5.41) is 52.7. The maximum atomic E-state index is 12.8. The van der Waals surface area contributed by atoms with Crippen molar-refractivity contribution >= 4 is 5.97 Å². The summed E-state index contributed by atoms with van der Waals surface area (Å²) in [6.45, 7) is 7.13. The average molecular weight is 418 g/mol. The molecule has 164 valence electrons. The summed E-state index contributed by atoms with van der Waals surface area (Å²) in [4.78, 5) is 12.8. The van der Waals surface area contributed by atoms with Crippen LogP contribution in [-0.2, 0) is 4.74 Å². The average Bonchev–Trinajstić information content (AvgIpc) is 2.86. The first-order valence-electron chi connectivity index (χ1n) is 10.3. The highest BCUT2D eigenvalue weighted by atomic mass is 16.6. The second kappa shape index (κ2) is 6.22. The Kier molecular flexibility index (Phi) is 4.38. The lowest BCUT2D eigenvalue weighted by atomic mass is 9.43. The van der Waals surface area contributed by atoms with Crippen molar-refractivity contribution in [2.75, 3.05) is 6.61 Å². The molecule has 0 bridgehead atoms. The van der Waals surface area contributed by atoms with Crippen LogP contribution >= 0.6 is 0 Å². The molecule has 2 saturated carbocycles. The number of aryl methyl sites for hydroxylation is 1. The van der Waals surface area contributed by atoms with Crippen LogP contribution in [-0.4, -0.2) is 55.4 Å². The molecule has 3 aliphatic carbocycles. The molecular formula is C23H30O7. The smallest absolute Gasteiger partial charge is 0.342 e. The minimum atomic E-state index is -1.60. The Balaban J connectivity index is 1.68. The molecular weight excluding hydrogens is 388 g/mol. The summed E-state index contributed by atoms with van der Waals surface area (Å²) in [5.41, 5.74) is -3.08. The van der Waals surface area contributed by atoms with Crippen molar-refractivity contribution in [2.45, 2.75) is 64.3 Å². The molecule has 0 heterocycles. The molecule has 30 heavy (non-hydrogen) atoms. The van der Waals surface area contributed by atoms with Gasteiger partial charge in [-0.2, -0.15) is 0 Å². The Hall–Kier alpha value is -2.09. The van der Waals surface area contributed by atoms with Crippen molar-refractivity contribution in [3.05, 3.63) is 34.9 Å². The van der Waals surface area contributed by atoms with E-state index in [0.29, 0.717) is 24.8 Å². The summed E-state index contributed by atoms with van der Waals surface area (Å²) in [6.07, 6.45) is 2.21. The number of aliphatic hydroxyl groups excluding tert-OH is 1. The quantitative estimate of drug-likeness (QED) is 0.376. The van der Waals surface area contributed by atoms with Crippen molar-refractivity contribution in [3.8, 4) is 11.5 Å². The van der Waals surface area contributed by atoms with E-state index in [9.17, 15) is 30.3 Å². The van der Waals surface area contributed by atoms with E-state index in [-0.39, 0.29) is 28.2 Å². The van der Waals surface area contributed by atoms with Gasteiger partial charge in [-0.15, -0.1) is 0 Å². The number of carbonyl (C=O) groups is 1. The number of aromatic hydroxyl groups is 2. The van der Waals surface area contributed by atoms with Crippen LogP contribution < -0.4 is 0 Å². The monoisotopic (exact) mass is 418 g/mol. The molecule has 0 radical (unpaired) electrons. The van der Waals surface area contributed by atoms with Gasteiger partial charge in [-0.3, -0.25) is 0 Å². The molecule has 3 aliphatic rings. The van der Waals surface area contributed by atoms with E-state index in [1.54, 1.807) is 13.0 Å². The molecule has 7 heteroatoms. The Labute approximate surface area is 175 Å². The fourth-order valence-corrected chi connectivity index (χ4v) is 6.43. The molecule has 7 nitrogen and oxygen atoms in total. The van der Waals surface area contributed by atoms with Crippen LogP contribution in [0, 0.1) is 23.7 Å². The topological polar surface area (TPSA) is 127 Å². The van der Waals surface area contributed by atoms with E-state index in [4.69, 9.17) is 4.74 Å². The lowest BCUT2D eigenvalue weighted by molar-refractivity contribution is -0.264. The molecule has 5 atom stereocenters. The van der Waals surface area contributed by atoms with E-state index < -0.39 is 41.0 Å². The second-order valence-electron chi connectivity index (χ2n) is 10.4. The standard InChI is InChI=1S/C23H30O7/c1-12-5-14(25)6-15(26)18(12)19(27)30-17-9-21(4)16-8-20(2,3)11-22(16,28)7-13(10-24)23(17,21)29/h5-7,16-17,24-26,28-29H,8-11H2,1-4H3/t16-,17-,21-,22+,23+/m1/s1. The lowest BCUT2D eigenvalue weighted by Gasteiger charge is -2.66. The zero-order valence-electron chi connectivity index (χ0n) is 17.8. The number of hydrogen-bond acceptors (Lipinski definition) is 7. The van der Waals surface area contributed by atoms with Gasteiger partial charge in [-0.05, 0) is 54.9 Å². The normalized spacial score (nSPS) is 38.8. The van der Waals surface area contributed by atoms with E-state index >= 15 is 0 Å². The number of hydrogen-bond donors (Lipinski definition) is 5. The van der Waals surface area contributed by atoms with Crippen molar-refractivity contribution < 1.29 is 35.1 Å². The first-order valence-corrected chi connectivity index (χ1v) is 10.3. The molecule has 1 aromatic rings. The second-order valence-corrected chi connectivity index (χ2v) is 10.4. The molecule has 5 N–H and O–H groups in total. The molecule has 1 aromatic carbocycles. The minimum Gasteiger partial charge on any atom is -0.508 e. The third-order valence-electron chi connectivity index (χ3n) is 7.67. The summed E-state index contributed by atoms with van der Waals surface area (Å²) in [7, 11) is 0. The zero-order chi connectivity index (χ0) is 22.3.